The molecule has 0 aliphatic carbocycles. The largest absolute Gasteiger partial charge is 0.467 e. The lowest BCUT2D eigenvalue weighted by atomic mass is 9.86. The van der Waals surface area contributed by atoms with Crippen LogP contribution < -0.4 is 5.32 Å². The topological polar surface area (TPSA) is 41.6 Å². The third-order valence-electron chi connectivity index (χ3n) is 5.42. The number of methoxy groups -OCH3 is 1. The van der Waals surface area contributed by atoms with E-state index in [9.17, 15) is 18.0 Å². The molecule has 1 heterocycles. The minimum atomic E-state index is -4.43. The molecule has 0 aromatic heterocycles. The van der Waals surface area contributed by atoms with Gasteiger partial charge < -0.3 is 15.0 Å². The molecule has 1 aliphatic rings. The zero-order valence-electron chi connectivity index (χ0n) is 16.3. The van der Waals surface area contributed by atoms with Gasteiger partial charge in [0.05, 0.1) is 12.7 Å². The molecule has 0 unspecified atom stereocenters. The maximum absolute atomic E-state index is 13.0. The minimum Gasteiger partial charge on any atom is -0.467 e. The SMILES string of the molecule is COC(=O)C1(Nc2cccc(C(F)(F)F)c2)CCN(CCc2ccccc2)CC1. The highest BCUT2D eigenvalue weighted by Crippen LogP contribution is 2.33. The lowest BCUT2D eigenvalue weighted by Gasteiger charge is -2.40. The number of likely N-dealkylation sites (tertiary alicyclic amines) is 1. The standard InChI is InChI=1S/C22H25F3N2O2/c1-29-20(28)21(26-19-9-5-8-18(16-19)22(23,24)25)11-14-27(15-12-21)13-10-17-6-3-2-4-7-17/h2-9,16,26H,10-15H2,1H3. The van der Waals surface area contributed by atoms with Crippen molar-refractivity contribution >= 4 is 11.7 Å². The second-order valence-corrected chi connectivity index (χ2v) is 7.35. The van der Waals surface area contributed by atoms with Crippen LogP contribution in [0.1, 0.15) is 24.0 Å². The molecule has 1 N–H and O–H groups in total. The van der Waals surface area contributed by atoms with Crippen LogP contribution >= 0.6 is 0 Å². The Morgan fingerprint density at radius 1 is 1.10 bits per heavy atom. The summed E-state index contributed by atoms with van der Waals surface area (Å²) in [5.41, 5.74) is -0.257. The van der Waals surface area contributed by atoms with E-state index in [0.29, 0.717) is 25.9 Å². The predicted octanol–water partition coefficient (Wildman–Crippen LogP) is 4.37. The molecule has 3 rings (SSSR count). The van der Waals surface area contributed by atoms with Gasteiger partial charge in [-0.3, -0.25) is 0 Å². The van der Waals surface area contributed by atoms with Crippen LogP contribution in [0.15, 0.2) is 54.6 Å². The number of piperidine rings is 1. The molecule has 0 spiro atoms. The molecule has 0 saturated carbocycles. The van der Waals surface area contributed by atoms with Crippen LogP contribution in [0.2, 0.25) is 0 Å². The first kappa shape index (κ1) is 21.2. The summed E-state index contributed by atoms with van der Waals surface area (Å²) in [7, 11) is 1.31. The van der Waals surface area contributed by atoms with Crippen LogP contribution in [0.4, 0.5) is 18.9 Å². The molecule has 7 heteroatoms. The number of alkyl halides is 3. The second-order valence-electron chi connectivity index (χ2n) is 7.35. The summed E-state index contributed by atoms with van der Waals surface area (Å²) >= 11 is 0. The summed E-state index contributed by atoms with van der Waals surface area (Å²) in [6, 6.07) is 15.1. The fourth-order valence-electron chi connectivity index (χ4n) is 3.72. The number of esters is 1. The zero-order chi connectivity index (χ0) is 20.9. The number of halogens is 3. The van der Waals surface area contributed by atoms with Gasteiger partial charge in [0, 0.05) is 25.3 Å². The lowest BCUT2D eigenvalue weighted by Crippen LogP contribution is -2.55. The fourth-order valence-corrected chi connectivity index (χ4v) is 3.72. The van der Waals surface area contributed by atoms with E-state index in [2.05, 4.69) is 22.3 Å². The Labute approximate surface area is 168 Å². The normalized spacial score (nSPS) is 17.0. The molecule has 2 aromatic rings. The van der Waals surface area contributed by atoms with Gasteiger partial charge in [0.15, 0.2) is 0 Å². The number of ether oxygens (including phenoxy) is 1. The molecule has 29 heavy (non-hydrogen) atoms. The number of hydrogen-bond acceptors (Lipinski definition) is 4. The van der Waals surface area contributed by atoms with Crippen molar-refractivity contribution in [3.8, 4) is 0 Å². The molecule has 1 fully saturated rings. The first-order valence-electron chi connectivity index (χ1n) is 9.62. The van der Waals surface area contributed by atoms with Gasteiger partial charge in [0.1, 0.15) is 5.54 Å². The summed E-state index contributed by atoms with van der Waals surface area (Å²) in [6.45, 7) is 2.19. The number of rotatable bonds is 6. The smallest absolute Gasteiger partial charge is 0.416 e. The van der Waals surface area contributed by atoms with E-state index in [1.165, 1.54) is 18.7 Å². The van der Waals surface area contributed by atoms with Crippen molar-refractivity contribution in [1.29, 1.82) is 0 Å². The van der Waals surface area contributed by atoms with Gasteiger partial charge in [-0.15, -0.1) is 0 Å². The summed E-state index contributed by atoms with van der Waals surface area (Å²) in [6.07, 6.45) is -2.60. The highest BCUT2D eigenvalue weighted by molar-refractivity contribution is 5.84. The molecular weight excluding hydrogens is 381 g/mol. The van der Waals surface area contributed by atoms with Crippen LogP contribution in [0.5, 0.6) is 0 Å². The third kappa shape index (κ3) is 5.29. The molecule has 156 valence electrons. The Kier molecular flexibility index (Phi) is 6.47. The number of nitrogens with zero attached hydrogens (tertiary/aromatic N) is 1. The van der Waals surface area contributed by atoms with E-state index in [4.69, 9.17) is 4.74 Å². The van der Waals surface area contributed by atoms with Gasteiger partial charge in [-0.1, -0.05) is 36.4 Å². The van der Waals surface area contributed by atoms with Crippen molar-refractivity contribution in [2.75, 3.05) is 32.1 Å². The molecule has 1 aliphatic heterocycles. The number of benzene rings is 2. The van der Waals surface area contributed by atoms with E-state index >= 15 is 0 Å². The molecule has 0 bridgehead atoms. The van der Waals surface area contributed by atoms with Crippen LogP contribution in [-0.2, 0) is 22.1 Å². The van der Waals surface area contributed by atoms with Gasteiger partial charge in [-0.25, -0.2) is 4.79 Å². The molecule has 0 amide bonds. The van der Waals surface area contributed by atoms with E-state index in [-0.39, 0.29) is 5.69 Å². The summed E-state index contributed by atoms with van der Waals surface area (Å²) < 4.78 is 44.0. The lowest BCUT2D eigenvalue weighted by molar-refractivity contribution is -0.147. The number of nitrogens with one attached hydrogen (secondary N) is 1. The number of carbonyl (C=O) groups is 1. The Bertz CT molecular complexity index is 816. The highest BCUT2D eigenvalue weighted by atomic mass is 19.4. The molecular formula is C22H25F3N2O2. The minimum absolute atomic E-state index is 0.267. The summed E-state index contributed by atoms with van der Waals surface area (Å²) in [5.74, 6) is -0.447. The fraction of sp³-hybridized carbons (Fsp3) is 0.409. The van der Waals surface area contributed by atoms with Gasteiger partial charge >= 0.3 is 12.1 Å². The van der Waals surface area contributed by atoms with Crippen LogP contribution in [0.3, 0.4) is 0 Å². The molecule has 4 nitrogen and oxygen atoms in total. The van der Waals surface area contributed by atoms with Gasteiger partial charge in [-0.2, -0.15) is 13.2 Å². The molecule has 2 aromatic carbocycles. The highest BCUT2D eigenvalue weighted by Gasteiger charge is 2.42. The van der Waals surface area contributed by atoms with Gasteiger partial charge in [-0.05, 0) is 43.0 Å². The van der Waals surface area contributed by atoms with E-state index in [1.807, 2.05) is 18.2 Å². The van der Waals surface area contributed by atoms with E-state index in [1.54, 1.807) is 6.07 Å². The van der Waals surface area contributed by atoms with Crippen LogP contribution in [0, 0.1) is 0 Å². The number of anilines is 1. The summed E-state index contributed by atoms with van der Waals surface area (Å²) in [5, 5.41) is 3.05. The molecule has 0 atom stereocenters. The number of carbonyl (C=O) groups excluding carboxylic acids is 1. The monoisotopic (exact) mass is 406 g/mol. The second kappa shape index (κ2) is 8.86. The average Bonchev–Trinajstić information content (AvgIpc) is 2.73. The van der Waals surface area contributed by atoms with Crippen LogP contribution in [0.25, 0.3) is 0 Å². The van der Waals surface area contributed by atoms with Crippen molar-refractivity contribution in [3.63, 3.8) is 0 Å². The van der Waals surface area contributed by atoms with Gasteiger partial charge in [0.2, 0.25) is 0 Å². The van der Waals surface area contributed by atoms with Crippen molar-refractivity contribution in [2.45, 2.75) is 31.0 Å². The van der Waals surface area contributed by atoms with Crippen LogP contribution in [-0.4, -0.2) is 43.2 Å². The van der Waals surface area contributed by atoms with Crippen molar-refractivity contribution in [3.05, 3.63) is 65.7 Å². The third-order valence-corrected chi connectivity index (χ3v) is 5.42. The van der Waals surface area contributed by atoms with Crippen molar-refractivity contribution in [2.24, 2.45) is 0 Å². The zero-order valence-corrected chi connectivity index (χ0v) is 16.3. The van der Waals surface area contributed by atoms with E-state index in [0.717, 1.165) is 25.1 Å². The maximum Gasteiger partial charge on any atom is 0.416 e. The Hall–Kier alpha value is -2.54. The number of hydrogen-bond donors (Lipinski definition) is 1. The molecule has 0 radical (unpaired) electrons. The van der Waals surface area contributed by atoms with E-state index < -0.39 is 23.2 Å². The first-order chi connectivity index (χ1) is 13.8. The Morgan fingerprint density at radius 3 is 2.41 bits per heavy atom. The Balaban J connectivity index is 1.67. The predicted molar refractivity (Wildman–Crippen MR) is 106 cm³/mol. The Morgan fingerprint density at radius 2 is 1.79 bits per heavy atom. The average molecular weight is 406 g/mol. The van der Waals surface area contributed by atoms with Crippen molar-refractivity contribution in [1.82, 2.24) is 4.90 Å². The van der Waals surface area contributed by atoms with Gasteiger partial charge in [0.25, 0.3) is 0 Å². The first-order valence-corrected chi connectivity index (χ1v) is 9.62. The molecule has 1 saturated heterocycles. The quantitative estimate of drug-likeness (QED) is 0.724. The summed E-state index contributed by atoms with van der Waals surface area (Å²) in [4.78, 5) is 14.8. The van der Waals surface area contributed by atoms with Crippen molar-refractivity contribution < 1.29 is 22.7 Å². The maximum atomic E-state index is 13.0.